The molecule has 2 N–H and O–H groups in total. The molecule has 1 aliphatic rings. The first kappa shape index (κ1) is 17.6. The molecule has 26 heavy (non-hydrogen) atoms. The van der Waals surface area contributed by atoms with Crippen LogP contribution in [0.25, 0.3) is 10.8 Å². The molecule has 134 valence electrons. The maximum atomic E-state index is 12.6. The monoisotopic (exact) mass is 353 g/mol. The van der Waals surface area contributed by atoms with E-state index in [1.54, 1.807) is 31.2 Å². The van der Waals surface area contributed by atoms with Crippen molar-refractivity contribution in [2.75, 3.05) is 0 Å². The second-order valence-electron chi connectivity index (χ2n) is 6.32. The third-order valence-electron chi connectivity index (χ3n) is 4.78. The predicted molar refractivity (Wildman–Crippen MR) is 93.8 cm³/mol. The second-order valence-corrected chi connectivity index (χ2v) is 6.32. The van der Waals surface area contributed by atoms with Crippen molar-refractivity contribution in [2.24, 2.45) is 5.41 Å². The van der Waals surface area contributed by atoms with E-state index in [1.807, 2.05) is 0 Å². The van der Waals surface area contributed by atoms with Gasteiger partial charge in [0.25, 0.3) is 17.4 Å². The number of hydrazine groups is 1. The molecular formula is C18H19N5O3. The first-order chi connectivity index (χ1) is 12.5. The fourth-order valence-corrected chi connectivity index (χ4v) is 3.28. The van der Waals surface area contributed by atoms with Crippen molar-refractivity contribution in [3.63, 3.8) is 0 Å². The zero-order valence-corrected chi connectivity index (χ0v) is 14.4. The van der Waals surface area contributed by atoms with Crippen LogP contribution in [0, 0.1) is 16.7 Å². The highest BCUT2D eigenvalue weighted by Crippen LogP contribution is 2.37. The topological polar surface area (TPSA) is 117 Å². The summed E-state index contributed by atoms with van der Waals surface area (Å²) in [6, 6.07) is 8.75. The number of amides is 2. The fourth-order valence-electron chi connectivity index (χ4n) is 3.28. The maximum Gasteiger partial charge on any atom is 0.290 e. The highest BCUT2D eigenvalue weighted by atomic mass is 16.2. The van der Waals surface area contributed by atoms with Crippen LogP contribution in [-0.4, -0.2) is 21.6 Å². The number of nitrogens with one attached hydrogen (secondary N) is 2. The van der Waals surface area contributed by atoms with Crippen LogP contribution in [0.3, 0.4) is 0 Å². The van der Waals surface area contributed by atoms with E-state index in [2.05, 4.69) is 22.0 Å². The molecule has 0 spiro atoms. The largest absolute Gasteiger partial charge is 0.290 e. The van der Waals surface area contributed by atoms with Gasteiger partial charge in [-0.25, -0.2) is 4.68 Å². The number of nitriles is 1. The van der Waals surface area contributed by atoms with Gasteiger partial charge in [0.1, 0.15) is 5.41 Å². The van der Waals surface area contributed by atoms with Gasteiger partial charge in [-0.2, -0.15) is 10.4 Å². The van der Waals surface area contributed by atoms with Crippen molar-refractivity contribution in [3.05, 3.63) is 40.3 Å². The van der Waals surface area contributed by atoms with Gasteiger partial charge >= 0.3 is 0 Å². The van der Waals surface area contributed by atoms with Crippen LogP contribution in [0.2, 0.25) is 0 Å². The van der Waals surface area contributed by atoms with Crippen molar-refractivity contribution < 1.29 is 9.59 Å². The Kier molecular flexibility index (Phi) is 4.71. The Hall–Kier alpha value is -3.21. The van der Waals surface area contributed by atoms with Crippen molar-refractivity contribution in [3.8, 4) is 6.07 Å². The predicted octanol–water partition coefficient (Wildman–Crippen LogP) is 1.26. The van der Waals surface area contributed by atoms with Crippen LogP contribution >= 0.6 is 0 Å². The van der Waals surface area contributed by atoms with Gasteiger partial charge in [0.05, 0.1) is 11.5 Å². The van der Waals surface area contributed by atoms with E-state index in [1.165, 1.54) is 4.68 Å². The second kappa shape index (κ2) is 6.96. The minimum absolute atomic E-state index is 0.0415. The number of aromatic nitrogens is 2. The molecule has 1 aromatic heterocycles. The molecule has 3 rings (SSSR count). The molecule has 0 radical (unpaired) electrons. The normalized spacial score (nSPS) is 15.4. The summed E-state index contributed by atoms with van der Waals surface area (Å²) < 4.78 is 1.20. The first-order valence-corrected chi connectivity index (χ1v) is 8.54. The Bertz CT molecular complexity index is 967. The van der Waals surface area contributed by atoms with E-state index >= 15 is 0 Å². The standard InChI is InChI=1S/C18H19N5O3/c1-2-23-16(25)13-8-4-3-7-12(13)14(22-23)15(24)20-21-17(26)18(11-19)9-5-6-10-18/h3-4,7-8H,2,5-6,9-10H2,1H3,(H,20,24)(H,21,26). The lowest BCUT2D eigenvalue weighted by molar-refractivity contribution is -0.128. The Balaban J connectivity index is 1.87. The number of benzene rings is 1. The number of hydrogen-bond acceptors (Lipinski definition) is 5. The first-order valence-electron chi connectivity index (χ1n) is 8.54. The van der Waals surface area contributed by atoms with Crippen molar-refractivity contribution in [1.82, 2.24) is 20.6 Å². The summed E-state index contributed by atoms with van der Waals surface area (Å²) >= 11 is 0. The average molecular weight is 353 g/mol. The highest BCUT2D eigenvalue weighted by Gasteiger charge is 2.41. The number of fused-ring (bicyclic) bond motifs is 1. The van der Waals surface area contributed by atoms with E-state index in [-0.39, 0.29) is 11.3 Å². The highest BCUT2D eigenvalue weighted by molar-refractivity contribution is 6.05. The molecular weight excluding hydrogens is 334 g/mol. The van der Waals surface area contributed by atoms with Crippen LogP contribution in [0.4, 0.5) is 0 Å². The van der Waals surface area contributed by atoms with E-state index in [4.69, 9.17) is 0 Å². The van der Waals surface area contributed by atoms with Gasteiger partial charge in [0, 0.05) is 11.9 Å². The summed E-state index contributed by atoms with van der Waals surface area (Å²) in [5.41, 5.74) is 3.34. The quantitative estimate of drug-likeness (QED) is 0.806. The summed E-state index contributed by atoms with van der Waals surface area (Å²) in [6.45, 7) is 2.07. The lowest BCUT2D eigenvalue weighted by Crippen LogP contribution is -2.48. The van der Waals surface area contributed by atoms with E-state index in [0.717, 1.165) is 12.8 Å². The van der Waals surface area contributed by atoms with Crippen LogP contribution < -0.4 is 16.4 Å². The molecule has 1 aliphatic carbocycles. The molecule has 1 fully saturated rings. The number of nitrogens with zero attached hydrogens (tertiary/aromatic N) is 3. The molecule has 8 heteroatoms. The van der Waals surface area contributed by atoms with Crippen LogP contribution in [0.15, 0.2) is 29.1 Å². The van der Waals surface area contributed by atoms with E-state index < -0.39 is 17.2 Å². The number of carbonyl (C=O) groups excluding carboxylic acids is 2. The molecule has 2 aromatic rings. The lowest BCUT2D eigenvalue weighted by Gasteiger charge is -2.19. The Morgan fingerprint density at radius 1 is 1.23 bits per heavy atom. The molecule has 8 nitrogen and oxygen atoms in total. The number of hydrogen-bond donors (Lipinski definition) is 2. The van der Waals surface area contributed by atoms with E-state index in [0.29, 0.717) is 30.2 Å². The molecule has 1 saturated carbocycles. The van der Waals surface area contributed by atoms with Gasteiger partial charge in [-0.05, 0) is 25.8 Å². The van der Waals surface area contributed by atoms with E-state index in [9.17, 15) is 19.6 Å². The summed E-state index contributed by atoms with van der Waals surface area (Å²) in [5.74, 6) is -1.15. The molecule has 0 saturated heterocycles. The summed E-state index contributed by atoms with van der Waals surface area (Å²) in [4.78, 5) is 37.2. The number of rotatable bonds is 3. The van der Waals surface area contributed by atoms with Crippen LogP contribution in [-0.2, 0) is 11.3 Å². The van der Waals surface area contributed by atoms with Gasteiger partial charge in [-0.1, -0.05) is 31.0 Å². The van der Waals surface area contributed by atoms with Gasteiger partial charge in [-0.15, -0.1) is 0 Å². The zero-order valence-electron chi connectivity index (χ0n) is 14.4. The Labute approximate surface area is 149 Å². The average Bonchev–Trinajstić information content (AvgIpc) is 3.17. The lowest BCUT2D eigenvalue weighted by atomic mass is 9.87. The van der Waals surface area contributed by atoms with Gasteiger partial charge < -0.3 is 0 Å². The Morgan fingerprint density at radius 3 is 2.50 bits per heavy atom. The molecule has 0 bridgehead atoms. The van der Waals surface area contributed by atoms with Gasteiger partial charge in [0.15, 0.2) is 5.69 Å². The summed E-state index contributed by atoms with van der Waals surface area (Å²) in [7, 11) is 0. The smallest absolute Gasteiger partial charge is 0.271 e. The molecule has 0 aliphatic heterocycles. The van der Waals surface area contributed by atoms with Crippen LogP contribution in [0.1, 0.15) is 43.1 Å². The zero-order chi connectivity index (χ0) is 18.7. The molecule has 0 unspecified atom stereocenters. The van der Waals surface area contributed by atoms with Gasteiger partial charge in [-0.3, -0.25) is 25.2 Å². The van der Waals surface area contributed by atoms with Crippen molar-refractivity contribution in [2.45, 2.75) is 39.2 Å². The Morgan fingerprint density at radius 2 is 1.88 bits per heavy atom. The molecule has 1 aromatic carbocycles. The van der Waals surface area contributed by atoms with Crippen molar-refractivity contribution >= 4 is 22.6 Å². The van der Waals surface area contributed by atoms with Crippen LogP contribution in [0.5, 0.6) is 0 Å². The summed E-state index contributed by atoms with van der Waals surface area (Å²) in [6.07, 6.45) is 2.57. The maximum absolute atomic E-state index is 12.6. The third-order valence-corrected chi connectivity index (χ3v) is 4.78. The SMILES string of the molecule is CCn1nc(C(=O)NNC(=O)C2(C#N)CCCC2)c2ccccc2c1=O. The fraction of sp³-hybridized carbons (Fsp3) is 0.389. The molecule has 1 heterocycles. The number of aryl methyl sites for hydroxylation is 1. The van der Waals surface area contributed by atoms with Gasteiger partial charge in [0.2, 0.25) is 0 Å². The minimum atomic E-state index is -1.09. The number of carbonyl (C=O) groups is 2. The summed E-state index contributed by atoms with van der Waals surface area (Å²) in [5, 5.41) is 14.2. The third kappa shape index (κ3) is 2.92. The molecule has 2 amide bonds. The van der Waals surface area contributed by atoms with Crippen molar-refractivity contribution in [1.29, 1.82) is 5.26 Å². The minimum Gasteiger partial charge on any atom is -0.271 e. The molecule has 0 atom stereocenters.